The molecule has 2 aliphatic heterocycles. The molecule has 1 aromatic heterocycles. The Bertz CT molecular complexity index is 1120. The lowest BCUT2D eigenvalue weighted by atomic mass is 10.0. The number of tetrazole rings is 1. The largest absolute Gasteiger partial charge is 0.497 e. The molecule has 0 N–H and O–H groups in total. The monoisotopic (exact) mass is 494 g/mol. The Morgan fingerprint density at radius 1 is 0.944 bits per heavy atom. The van der Waals surface area contributed by atoms with Crippen molar-refractivity contribution in [2.24, 2.45) is 0 Å². The summed E-state index contributed by atoms with van der Waals surface area (Å²) in [6.45, 7) is 4.95. The molecule has 2 aromatic carbocycles. The van der Waals surface area contributed by atoms with E-state index in [4.69, 9.17) is 18.9 Å². The quantitative estimate of drug-likeness (QED) is 0.446. The number of nitrogens with zero attached hydrogens (tertiary/aromatic N) is 6. The highest BCUT2D eigenvalue weighted by molar-refractivity contribution is 5.50. The summed E-state index contributed by atoms with van der Waals surface area (Å²) in [5.74, 6) is 3.07. The van der Waals surface area contributed by atoms with E-state index in [0.717, 1.165) is 62.8 Å². The second kappa shape index (κ2) is 11.1. The van der Waals surface area contributed by atoms with Crippen LogP contribution in [0.15, 0.2) is 42.5 Å². The molecule has 36 heavy (non-hydrogen) atoms. The first-order valence-corrected chi connectivity index (χ1v) is 12.4. The summed E-state index contributed by atoms with van der Waals surface area (Å²) in [6.07, 6.45) is 2.25. The Labute approximate surface area is 211 Å². The van der Waals surface area contributed by atoms with Crippen molar-refractivity contribution in [1.29, 1.82) is 0 Å². The van der Waals surface area contributed by atoms with Gasteiger partial charge in [0, 0.05) is 38.5 Å². The van der Waals surface area contributed by atoms with Crippen LogP contribution in [0.25, 0.3) is 0 Å². The summed E-state index contributed by atoms with van der Waals surface area (Å²) in [6, 6.07) is 14.2. The van der Waals surface area contributed by atoms with Crippen molar-refractivity contribution >= 4 is 5.69 Å². The maximum atomic E-state index is 5.88. The molecule has 0 bridgehead atoms. The zero-order valence-electron chi connectivity index (χ0n) is 21.2. The maximum absolute atomic E-state index is 5.88. The highest BCUT2D eigenvalue weighted by atomic mass is 16.5. The molecular weight excluding hydrogens is 460 g/mol. The summed E-state index contributed by atoms with van der Waals surface area (Å²) < 4.78 is 24.2. The minimum absolute atomic E-state index is 0.126. The second-order valence-electron chi connectivity index (χ2n) is 9.09. The van der Waals surface area contributed by atoms with Gasteiger partial charge in [0.15, 0.2) is 17.3 Å². The van der Waals surface area contributed by atoms with Crippen molar-refractivity contribution in [2.45, 2.75) is 31.5 Å². The minimum atomic E-state index is -0.126. The molecule has 10 heteroatoms. The van der Waals surface area contributed by atoms with Crippen LogP contribution in [-0.2, 0) is 11.3 Å². The van der Waals surface area contributed by atoms with E-state index in [9.17, 15) is 0 Å². The number of piperazine rings is 1. The second-order valence-corrected chi connectivity index (χ2v) is 9.09. The summed E-state index contributed by atoms with van der Waals surface area (Å²) in [5, 5.41) is 12.9. The highest BCUT2D eigenvalue weighted by Crippen LogP contribution is 2.35. The van der Waals surface area contributed by atoms with Gasteiger partial charge < -0.3 is 23.8 Å². The Balaban J connectivity index is 1.42. The molecule has 192 valence electrons. The molecule has 0 amide bonds. The fourth-order valence-electron chi connectivity index (χ4n) is 5.10. The standard InChI is InChI=1S/C26H34N6O4/c1-33-21-9-7-20(8-10-21)30-12-14-31(15-13-30)25(19-6-11-23(34-2)24(17-19)35-3)26-27-28-29-32(26)18-22-5-4-16-36-22/h6-11,17,22,25H,4-5,12-16,18H2,1-3H3/t22-,25-/m1/s1. The van der Waals surface area contributed by atoms with E-state index in [1.54, 1.807) is 21.3 Å². The van der Waals surface area contributed by atoms with Crippen LogP contribution in [0, 0.1) is 0 Å². The summed E-state index contributed by atoms with van der Waals surface area (Å²) in [4.78, 5) is 4.84. The van der Waals surface area contributed by atoms with Gasteiger partial charge in [-0.2, -0.15) is 0 Å². The van der Waals surface area contributed by atoms with E-state index in [-0.39, 0.29) is 12.1 Å². The molecule has 2 aliphatic rings. The minimum Gasteiger partial charge on any atom is -0.497 e. The number of hydrogen-bond acceptors (Lipinski definition) is 9. The third-order valence-corrected chi connectivity index (χ3v) is 7.05. The van der Waals surface area contributed by atoms with Crippen LogP contribution in [0.1, 0.15) is 30.3 Å². The third kappa shape index (κ3) is 5.10. The predicted molar refractivity (Wildman–Crippen MR) is 135 cm³/mol. The zero-order valence-corrected chi connectivity index (χ0v) is 21.2. The van der Waals surface area contributed by atoms with Gasteiger partial charge in [-0.1, -0.05) is 6.07 Å². The SMILES string of the molecule is COc1ccc(N2CCN([C@H](c3ccc(OC)c(OC)c3)c3nnnn3C[C@H]3CCCO3)CC2)cc1. The Kier molecular flexibility index (Phi) is 7.52. The average molecular weight is 495 g/mol. The van der Waals surface area contributed by atoms with Crippen LogP contribution in [-0.4, -0.2) is 85.3 Å². The fraction of sp³-hybridized carbons (Fsp3) is 0.500. The Morgan fingerprint density at radius 2 is 1.72 bits per heavy atom. The van der Waals surface area contributed by atoms with Gasteiger partial charge in [0.25, 0.3) is 0 Å². The van der Waals surface area contributed by atoms with Crippen molar-refractivity contribution in [3.05, 3.63) is 53.9 Å². The molecule has 2 saturated heterocycles. The van der Waals surface area contributed by atoms with E-state index in [0.29, 0.717) is 18.0 Å². The number of hydrogen-bond donors (Lipinski definition) is 0. The average Bonchev–Trinajstić information content (AvgIpc) is 3.62. The molecule has 0 radical (unpaired) electrons. The maximum Gasteiger partial charge on any atom is 0.173 e. The van der Waals surface area contributed by atoms with Gasteiger partial charge in [0.1, 0.15) is 5.75 Å². The van der Waals surface area contributed by atoms with Crippen molar-refractivity contribution in [2.75, 3.05) is 59.0 Å². The van der Waals surface area contributed by atoms with Crippen LogP contribution in [0.2, 0.25) is 0 Å². The smallest absolute Gasteiger partial charge is 0.173 e. The van der Waals surface area contributed by atoms with Crippen LogP contribution >= 0.6 is 0 Å². The van der Waals surface area contributed by atoms with Crippen molar-refractivity contribution in [3.8, 4) is 17.2 Å². The molecule has 2 fully saturated rings. The molecule has 0 aliphatic carbocycles. The zero-order chi connectivity index (χ0) is 24.9. The number of ether oxygens (including phenoxy) is 4. The molecule has 0 saturated carbocycles. The molecule has 5 rings (SSSR count). The number of rotatable bonds is 9. The van der Waals surface area contributed by atoms with E-state index in [2.05, 4.69) is 43.5 Å². The van der Waals surface area contributed by atoms with Gasteiger partial charge in [0.05, 0.1) is 40.0 Å². The van der Waals surface area contributed by atoms with Gasteiger partial charge >= 0.3 is 0 Å². The van der Waals surface area contributed by atoms with Crippen molar-refractivity contribution in [1.82, 2.24) is 25.1 Å². The van der Waals surface area contributed by atoms with Crippen LogP contribution in [0.3, 0.4) is 0 Å². The van der Waals surface area contributed by atoms with Gasteiger partial charge in [-0.15, -0.1) is 5.10 Å². The van der Waals surface area contributed by atoms with Crippen LogP contribution in [0.5, 0.6) is 17.2 Å². The molecule has 2 atom stereocenters. The van der Waals surface area contributed by atoms with Crippen LogP contribution < -0.4 is 19.1 Å². The first-order chi connectivity index (χ1) is 17.7. The lowest BCUT2D eigenvalue weighted by Gasteiger charge is -2.40. The number of benzene rings is 2. The molecular formula is C26H34N6O4. The van der Waals surface area contributed by atoms with Gasteiger partial charge in [-0.25, -0.2) is 4.68 Å². The van der Waals surface area contributed by atoms with Crippen molar-refractivity contribution in [3.63, 3.8) is 0 Å². The third-order valence-electron chi connectivity index (χ3n) is 7.05. The van der Waals surface area contributed by atoms with E-state index >= 15 is 0 Å². The Hall–Kier alpha value is -3.37. The highest BCUT2D eigenvalue weighted by Gasteiger charge is 2.32. The molecule has 3 heterocycles. The number of methoxy groups -OCH3 is 3. The normalized spacial score (nSPS) is 19.3. The first kappa shape index (κ1) is 24.3. The molecule has 3 aromatic rings. The Morgan fingerprint density at radius 3 is 2.39 bits per heavy atom. The lowest BCUT2D eigenvalue weighted by molar-refractivity contribution is 0.0906. The summed E-state index contributed by atoms with van der Waals surface area (Å²) in [5.41, 5.74) is 2.26. The van der Waals surface area contributed by atoms with Crippen molar-refractivity contribution < 1.29 is 18.9 Å². The van der Waals surface area contributed by atoms with Gasteiger partial charge in [0.2, 0.25) is 0 Å². The number of anilines is 1. The summed E-state index contributed by atoms with van der Waals surface area (Å²) in [7, 11) is 5.00. The van der Waals surface area contributed by atoms with Gasteiger partial charge in [-0.05, 0) is 65.2 Å². The number of aromatic nitrogens is 4. The molecule has 10 nitrogen and oxygen atoms in total. The lowest BCUT2D eigenvalue weighted by Crippen LogP contribution is -2.48. The fourth-order valence-corrected chi connectivity index (χ4v) is 5.10. The topological polar surface area (TPSA) is 87.0 Å². The van der Waals surface area contributed by atoms with E-state index in [1.165, 1.54) is 5.69 Å². The summed E-state index contributed by atoms with van der Waals surface area (Å²) >= 11 is 0. The predicted octanol–water partition coefficient (Wildman–Crippen LogP) is 2.79. The molecule has 0 spiro atoms. The first-order valence-electron chi connectivity index (χ1n) is 12.4. The molecule has 0 unspecified atom stereocenters. The van der Waals surface area contributed by atoms with Crippen LogP contribution in [0.4, 0.5) is 5.69 Å². The van der Waals surface area contributed by atoms with Gasteiger partial charge in [-0.3, -0.25) is 4.90 Å². The van der Waals surface area contributed by atoms with E-state index in [1.807, 2.05) is 28.9 Å². The van der Waals surface area contributed by atoms with E-state index < -0.39 is 0 Å².